The summed E-state index contributed by atoms with van der Waals surface area (Å²) < 4.78 is 12.8. The molecule has 0 saturated carbocycles. The predicted molar refractivity (Wildman–Crippen MR) is 384 cm³/mol. The van der Waals surface area contributed by atoms with Crippen LogP contribution in [0.1, 0.15) is 430 Å². The van der Waals surface area contributed by atoms with Gasteiger partial charge in [-0.15, -0.1) is 0 Å². The molecule has 0 amide bonds. The first kappa shape index (κ1) is 92.4. The Kier molecular flexibility index (Phi) is 79.5. The minimum absolute atomic E-state index is 1.36. The summed E-state index contributed by atoms with van der Waals surface area (Å²) in [4.78, 5) is 25.6. The van der Waals surface area contributed by atoms with Crippen molar-refractivity contribution in [3.05, 3.63) is 0 Å². The van der Waals surface area contributed by atoms with Gasteiger partial charge in [-0.1, -0.05) is 293 Å². The summed E-state index contributed by atoms with van der Waals surface area (Å²) in [6, 6.07) is 0. The van der Waals surface area contributed by atoms with Gasteiger partial charge in [0.05, 0.1) is 78.5 Å². The summed E-state index contributed by atoms with van der Waals surface area (Å²) in [7, 11) is -5.39. The Labute approximate surface area is 546 Å². The Morgan fingerprint density at radius 1 is 0.174 bits per heavy atom. The van der Waals surface area contributed by atoms with Crippen molar-refractivity contribution >= 4 is 7.82 Å². The summed E-state index contributed by atoms with van der Waals surface area (Å²) >= 11 is 0. The van der Waals surface area contributed by atoms with E-state index in [1.165, 1.54) is 439 Å². The molecule has 0 heterocycles. The van der Waals surface area contributed by atoms with Crippen LogP contribution in [-0.2, 0) is 4.57 Å². The number of unbranched alkanes of at least 4 members (excludes halogenated alkanes) is 45. The first-order valence-electron chi connectivity index (χ1n) is 40.0. The van der Waals surface area contributed by atoms with E-state index < -0.39 is 7.82 Å². The van der Waals surface area contributed by atoms with Gasteiger partial charge in [0.25, 0.3) is 0 Å². The Morgan fingerprint density at radius 2 is 0.256 bits per heavy atom. The van der Waals surface area contributed by atoms with E-state index in [0.717, 1.165) is 0 Å². The van der Waals surface area contributed by atoms with Crippen molar-refractivity contribution in [2.24, 2.45) is 0 Å². The van der Waals surface area contributed by atoms with Gasteiger partial charge in [-0.25, -0.2) is 0 Å². The second-order valence-electron chi connectivity index (χ2n) is 27.8. The summed E-state index contributed by atoms with van der Waals surface area (Å²) in [6.07, 6.45) is 77.8. The average molecular weight is 1240 g/mol. The maximum atomic E-state index is 8.55. The van der Waals surface area contributed by atoms with Gasteiger partial charge in [0.15, 0.2) is 0 Å². The number of phosphoric acid groups is 1. The lowest BCUT2D eigenvalue weighted by molar-refractivity contribution is -0.927. The van der Waals surface area contributed by atoms with Gasteiger partial charge in [0.2, 0.25) is 0 Å². The van der Waals surface area contributed by atoms with Crippen LogP contribution < -0.4 is 14.7 Å². The molecule has 0 atom stereocenters. The first-order valence-corrected chi connectivity index (χ1v) is 41.5. The topological polar surface area (TPSA) is 86.2 Å². The van der Waals surface area contributed by atoms with Crippen LogP contribution in [0.2, 0.25) is 0 Å². The Bertz CT molecular complexity index is 1000. The van der Waals surface area contributed by atoms with Crippen LogP contribution in [0.5, 0.6) is 0 Å². The summed E-state index contributed by atoms with van der Waals surface area (Å²) in [5, 5.41) is 0. The highest BCUT2D eigenvalue weighted by Crippen LogP contribution is 2.22. The van der Waals surface area contributed by atoms with Crippen LogP contribution in [0.25, 0.3) is 0 Å². The predicted octanol–water partition coefficient (Wildman–Crippen LogP) is 23.9. The van der Waals surface area contributed by atoms with Crippen LogP contribution >= 0.6 is 7.82 Å². The van der Waals surface area contributed by atoms with Crippen molar-refractivity contribution in [3.8, 4) is 0 Å². The SMILES string of the molecule is CCCCCCCC[N+](CC)(CCCCCCCC)CCCCCCCC.CCCCCCCC[N+](CC)(CCCCCCCC)CCCCCCCC.CCCCCCCC[N+](CC)(CCCCCCCC)CCCCCCCC.O=P([O-])([O-])[O-]. The zero-order valence-corrected chi connectivity index (χ0v) is 63.0. The normalized spacial score (nSPS) is 12.0. The second-order valence-corrected chi connectivity index (χ2v) is 28.7. The van der Waals surface area contributed by atoms with Crippen molar-refractivity contribution in [2.45, 2.75) is 430 Å². The molecule has 524 valence electrons. The monoisotopic (exact) mass is 1240 g/mol. The lowest BCUT2D eigenvalue weighted by atomic mass is 10.1. The minimum Gasteiger partial charge on any atom is -0.822 e. The summed E-state index contributed by atoms with van der Waals surface area (Å²) in [5.74, 6) is 0. The largest absolute Gasteiger partial charge is 0.822 e. The van der Waals surface area contributed by atoms with E-state index in [1.54, 1.807) is 0 Å². The quantitative estimate of drug-likeness (QED) is 0.0345. The lowest BCUT2D eigenvalue weighted by Crippen LogP contribution is -2.50. The summed E-state index contributed by atoms with van der Waals surface area (Å²) in [6.45, 7) is 45.4. The fourth-order valence-electron chi connectivity index (χ4n) is 13.5. The van der Waals surface area contributed by atoms with Crippen molar-refractivity contribution in [2.75, 3.05) is 78.5 Å². The zero-order valence-electron chi connectivity index (χ0n) is 62.1. The van der Waals surface area contributed by atoms with E-state index in [0.29, 0.717) is 0 Å². The summed E-state index contributed by atoms with van der Waals surface area (Å²) in [5.41, 5.74) is 0. The highest BCUT2D eigenvalue weighted by molar-refractivity contribution is 7.40. The third-order valence-corrected chi connectivity index (χ3v) is 19.9. The molecule has 0 fully saturated rings. The van der Waals surface area contributed by atoms with Crippen molar-refractivity contribution in [3.63, 3.8) is 0 Å². The van der Waals surface area contributed by atoms with Crippen molar-refractivity contribution < 1.29 is 32.7 Å². The van der Waals surface area contributed by atoms with Crippen LogP contribution in [0.4, 0.5) is 0 Å². The smallest absolute Gasteiger partial charge is 0.0786 e. The van der Waals surface area contributed by atoms with E-state index in [1.807, 2.05) is 0 Å². The standard InChI is InChI=1S/3C26H56N.H3O4P/c3*1-5-9-12-15-18-21-24-27(8-4,25-22-19-16-13-10-6-2)26-23-20-17-14-11-7-3;1-5(2,3)4/h3*5-26H2,1-4H3;(H3,1,2,3,4)/q3*+1;/p-3. The van der Waals surface area contributed by atoms with Gasteiger partial charge in [-0.05, 0) is 136 Å². The highest BCUT2D eigenvalue weighted by atomic mass is 31.2. The fraction of sp³-hybridized carbons (Fsp3) is 1.00. The molecule has 0 saturated heterocycles. The van der Waals surface area contributed by atoms with Gasteiger partial charge < -0.3 is 32.7 Å². The van der Waals surface area contributed by atoms with E-state index in [-0.39, 0.29) is 0 Å². The lowest BCUT2D eigenvalue weighted by Gasteiger charge is -2.38. The molecule has 0 radical (unpaired) electrons. The number of hydrogen-bond donors (Lipinski definition) is 0. The number of hydrogen-bond acceptors (Lipinski definition) is 4. The van der Waals surface area contributed by atoms with Crippen LogP contribution in [0.15, 0.2) is 0 Å². The Hall–Kier alpha value is -0.0100. The third kappa shape index (κ3) is 71.4. The molecular formula is C78H168N3O4P. The fourth-order valence-corrected chi connectivity index (χ4v) is 13.5. The molecule has 0 spiro atoms. The molecule has 0 aromatic carbocycles. The second kappa shape index (κ2) is 74.0. The molecule has 0 aromatic heterocycles. The highest BCUT2D eigenvalue weighted by Gasteiger charge is 2.26. The number of nitrogens with zero attached hydrogens (tertiary/aromatic N) is 3. The molecule has 0 bridgehead atoms. The van der Waals surface area contributed by atoms with Crippen LogP contribution in [0.3, 0.4) is 0 Å². The molecule has 86 heavy (non-hydrogen) atoms. The Morgan fingerprint density at radius 3 is 0.337 bits per heavy atom. The molecule has 0 aromatic rings. The van der Waals surface area contributed by atoms with E-state index in [2.05, 4.69) is 83.1 Å². The van der Waals surface area contributed by atoms with E-state index in [4.69, 9.17) is 19.2 Å². The third-order valence-electron chi connectivity index (χ3n) is 19.9. The first-order chi connectivity index (χ1) is 41.7. The molecule has 7 nitrogen and oxygen atoms in total. The molecule has 0 aliphatic rings. The van der Waals surface area contributed by atoms with Gasteiger partial charge in [0, 0.05) is 0 Å². The molecule has 0 unspecified atom stereocenters. The van der Waals surface area contributed by atoms with Crippen molar-refractivity contribution in [1.82, 2.24) is 0 Å². The molecule has 8 heteroatoms. The Balaban J connectivity index is -0.000000562. The van der Waals surface area contributed by atoms with Crippen LogP contribution in [-0.4, -0.2) is 92.0 Å². The van der Waals surface area contributed by atoms with Crippen LogP contribution in [0, 0.1) is 0 Å². The number of rotatable bonds is 66. The van der Waals surface area contributed by atoms with Gasteiger partial charge in [0.1, 0.15) is 0 Å². The van der Waals surface area contributed by atoms with Gasteiger partial charge in [-0.3, -0.25) is 0 Å². The van der Waals surface area contributed by atoms with E-state index >= 15 is 0 Å². The van der Waals surface area contributed by atoms with Gasteiger partial charge >= 0.3 is 0 Å². The molecule has 0 rings (SSSR count). The van der Waals surface area contributed by atoms with Crippen molar-refractivity contribution in [1.29, 1.82) is 0 Å². The zero-order chi connectivity index (χ0) is 64.7. The molecular weight excluding hydrogens is 1070 g/mol. The maximum absolute atomic E-state index is 8.55. The maximum Gasteiger partial charge on any atom is 0.0786 e. The number of quaternary nitrogens is 3. The van der Waals surface area contributed by atoms with Gasteiger partial charge in [-0.2, -0.15) is 7.82 Å². The molecule has 0 aliphatic heterocycles. The average Bonchev–Trinajstić information content (AvgIpc) is 3.52. The molecule has 0 N–H and O–H groups in total. The van der Waals surface area contributed by atoms with E-state index in [9.17, 15) is 0 Å². The molecule has 0 aliphatic carbocycles. The minimum atomic E-state index is -5.39.